The van der Waals surface area contributed by atoms with Crippen molar-refractivity contribution >= 4 is 5.97 Å². The molecule has 1 fully saturated rings. The molecule has 0 aromatic carbocycles. The lowest BCUT2D eigenvalue weighted by Gasteiger charge is -2.33. The zero-order chi connectivity index (χ0) is 11.4. The maximum Gasteiger partial charge on any atom is 0.304 e. The maximum absolute atomic E-state index is 10.8. The fraction of sp³-hybridized carbons (Fsp3) is 0.636. The predicted octanol–water partition coefficient (Wildman–Crippen LogP) is 1.50. The average molecular weight is 224 g/mol. The second-order valence-corrected chi connectivity index (χ2v) is 4.20. The van der Waals surface area contributed by atoms with Crippen molar-refractivity contribution in [3.05, 3.63) is 18.0 Å². The maximum atomic E-state index is 10.8. The molecule has 0 aliphatic carbocycles. The van der Waals surface area contributed by atoms with Crippen molar-refractivity contribution in [1.29, 1.82) is 0 Å². The summed E-state index contributed by atoms with van der Waals surface area (Å²) in [5, 5.41) is 12.5. The second-order valence-electron chi connectivity index (χ2n) is 4.20. The predicted molar refractivity (Wildman–Crippen MR) is 56.8 cm³/mol. The van der Waals surface area contributed by atoms with Crippen LogP contribution in [0.2, 0.25) is 0 Å². The normalized spacial score (nSPS) is 22.1. The average Bonchev–Trinajstić information content (AvgIpc) is 2.73. The number of aromatic nitrogens is 1. The molecular formula is C11H16N2O3. The highest BCUT2D eigenvalue weighted by Crippen LogP contribution is 2.21. The van der Waals surface area contributed by atoms with Crippen LogP contribution < -0.4 is 0 Å². The zero-order valence-corrected chi connectivity index (χ0v) is 9.13. The van der Waals surface area contributed by atoms with E-state index in [1.807, 2.05) is 6.07 Å². The smallest absolute Gasteiger partial charge is 0.304 e. The number of piperidine rings is 1. The lowest BCUT2D eigenvalue weighted by atomic mass is 9.99. The van der Waals surface area contributed by atoms with E-state index in [1.54, 1.807) is 6.20 Å². The van der Waals surface area contributed by atoms with E-state index in [0.717, 1.165) is 31.6 Å². The summed E-state index contributed by atoms with van der Waals surface area (Å²) in [6, 6.07) is 1.96. The summed E-state index contributed by atoms with van der Waals surface area (Å²) in [5.74, 6) is 0.0757. The first kappa shape index (κ1) is 11.1. The largest absolute Gasteiger partial charge is 0.481 e. The van der Waals surface area contributed by atoms with Crippen molar-refractivity contribution < 1.29 is 14.4 Å². The standard InChI is InChI=1S/C11H16N2O3/c14-11(15)7-9-3-1-2-6-13(9)8-10-4-5-12-16-10/h4-5,9H,1-3,6-8H2,(H,14,15). The van der Waals surface area contributed by atoms with E-state index in [9.17, 15) is 4.79 Å². The molecule has 0 amide bonds. The van der Waals surface area contributed by atoms with Crippen LogP contribution in [0.25, 0.3) is 0 Å². The molecule has 1 N–H and O–H groups in total. The van der Waals surface area contributed by atoms with Gasteiger partial charge in [0.15, 0.2) is 5.76 Å². The lowest BCUT2D eigenvalue weighted by molar-refractivity contribution is -0.138. The van der Waals surface area contributed by atoms with Gasteiger partial charge in [0.1, 0.15) is 0 Å². The van der Waals surface area contributed by atoms with Gasteiger partial charge in [-0.15, -0.1) is 0 Å². The Hall–Kier alpha value is -1.36. The summed E-state index contributed by atoms with van der Waals surface area (Å²) in [4.78, 5) is 12.9. The van der Waals surface area contributed by atoms with Crippen LogP contribution in [0.4, 0.5) is 0 Å². The first-order chi connectivity index (χ1) is 7.75. The van der Waals surface area contributed by atoms with Crippen LogP contribution in [-0.2, 0) is 11.3 Å². The van der Waals surface area contributed by atoms with Crippen LogP contribution in [0.1, 0.15) is 31.4 Å². The Morgan fingerprint density at radius 1 is 1.62 bits per heavy atom. The molecular weight excluding hydrogens is 208 g/mol. The van der Waals surface area contributed by atoms with E-state index in [2.05, 4.69) is 10.1 Å². The van der Waals surface area contributed by atoms with Crippen molar-refractivity contribution in [2.24, 2.45) is 0 Å². The van der Waals surface area contributed by atoms with Gasteiger partial charge in [0.2, 0.25) is 0 Å². The van der Waals surface area contributed by atoms with Gasteiger partial charge < -0.3 is 9.63 Å². The molecule has 0 saturated carbocycles. The molecule has 5 nitrogen and oxygen atoms in total. The molecule has 1 aromatic heterocycles. The van der Waals surface area contributed by atoms with E-state index < -0.39 is 5.97 Å². The Morgan fingerprint density at radius 3 is 3.19 bits per heavy atom. The molecule has 5 heteroatoms. The summed E-state index contributed by atoms with van der Waals surface area (Å²) in [5.41, 5.74) is 0. The van der Waals surface area contributed by atoms with E-state index in [1.165, 1.54) is 0 Å². The molecule has 2 rings (SSSR count). The highest BCUT2D eigenvalue weighted by Gasteiger charge is 2.25. The van der Waals surface area contributed by atoms with Crippen LogP contribution in [0.5, 0.6) is 0 Å². The quantitative estimate of drug-likeness (QED) is 0.839. The Morgan fingerprint density at radius 2 is 2.50 bits per heavy atom. The molecule has 1 atom stereocenters. The molecule has 1 aliphatic rings. The summed E-state index contributed by atoms with van der Waals surface area (Å²) in [7, 11) is 0. The molecule has 1 aromatic rings. The summed E-state index contributed by atoms with van der Waals surface area (Å²) in [6.07, 6.45) is 5.04. The second kappa shape index (κ2) is 5.12. The van der Waals surface area contributed by atoms with Crippen LogP contribution in [0.3, 0.4) is 0 Å². The molecule has 1 unspecified atom stereocenters. The monoisotopic (exact) mass is 224 g/mol. The molecule has 88 valence electrons. The Bertz CT molecular complexity index is 337. The molecule has 1 aliphatic heterocycles. The minimum atomic E-state index is -0.727. The third-order valence-electron chi connectivity index (χ3n) is 3.01. The number of rotatable bonds is 4. The minimum Gasteiger partial charge on any atom is -0.481 e. The number of carbonyl (C=O) groups is 1. The van der Waals surface area contributed by atoms with Crippen LogP contribution in [-0.4, -0.2) is 33.7 Å². The van der Waals surface area contributed by atoms with Crippen LogP contribution >= 0.6 is 0 Å². The molecule has 0 radical (unpaired) electrons. The lowest BCUT2D eigenvalue weighted by Crippen LogP contribution is -2.40. The van der Waals surface area contributed by atoms with Gasteiger partial charge in [0.25, 0.3) is 0 Å². The van der Waals surface area contributed by atoms with Gasteiger partial charge in [-0.3, -0.25) is 9.69 Å². The van der Waals surface area contributed by atoms with Gasteiger partial charge in [0.05, 0.1) is 19.2 Å². The van der Waals surface area contributed by atoms with Crippen molar-refractivity contribution in [2.75, 3.05) is 6.54 Å². The van der Waals surface area contributed by atoms with E-state index in [4.69, 9.17) is 9.63 Å². The van der Waals surface area contributed by atoms with E-state index in [0.29, 0.717) is 6.54 Å². The minimum absolute atomic E-state index is 0.136. The topological polar surface area (TPSA) is 66.6 Å². The molecule has 16 heavy (non-hydrogen) atoms. The molecule has 0 bridgehead atoms. The molecule has 0 spiro atoms. The number of aliphatic carboxylic acids is 1. The third kappa shape index (κ3) is 2.82. The number of nitrogens with zero attached hydrogens (tertiary/aromatic N) is 2. The van der Waals surface area contributed by atoms with Gasteiger partial charge in [0, 0.05) is 12.1 Å². The fourth-order valence-corrected chi connectivity index (χ4v) is 2.22. The summed E-state index contributed by atoms with van der Waals surface area (Å²) in [6.45, 7) is 1.61. The number of hydrogen-bond acceptors (Lipinski definition) is 4. The number of carboxylic acids is 1. The highest BCUT2D eigenvalue weighted by molar-refractivity contribution is 5.67. The van der Waals surface area contributed by atoms with Crippen molar-refractivity contribution in [3.63, 3.8) is 0 Å². The SMILES string of the molecule is O=C(O)CC1CCCCN1Cc1ccno1. The van der Waals surface area contributed by atoms with Crippen molar-refractivity contribution in [1.82, 2.24) is 10.1 Å². The van der Waals surface area contributed by atoms with Gasteiger partial charge in [-0.05, 0) is 19.4 Å². The molecule has 1 saturated heterocycles. The van der Waals surface area contributed by atoms with Crippen LogP contribution in [0, 0.1) is 0 Å². The van der Waals surface area contributed by atoms with Gasteiger partial charge >= 0.3 is 5.97 Å². The first-order valence-corrected chi connectivity index (χ1v) is 5.61. The van der Waals surface area contributed by atoms with E-state index in [-0.39, 0.29) is 12.5 Å². The van der Waals surface area contributed by atoms with Crippen LogP contribution in [0.15, 0.2) is 16.8 Å². The third-order valence-corrected chi connectivity index (χ3v) is 3.01. The van der Waals surface area contributed by atoms with Gasteiger partial charge in [-0.2, -0.15) is 0 Å². The number of hydrogen-bond donors (Lipinski definition) is 1. The Balaban J connectivity index is 1.96. The van der Waals surface area contributed by atoms with Crippen molar-refractivity contribution in [2.45, 2.75) is 38.3 Å². The molecule has 2 heterocycles. The fourth-order valence-electron chi connectivity index (χ4n) is 2.22. The summed E-state index contributed by atoms with van der Waals surface area (Å²) < 4.78 is 5.05. The van der Waals surface area contributed by atoms with Gasteiger partial charge in [-0.1, -0.05) is 11.6 Å². The van der Waals surface area contributed by atoms with E-state index >= 15 is 0 Å². The zero-order valence-electron chi connectivity index (χ0n) is 9.13. The number of carboxylic acid groups (broad SMARTS) is 1. The van der Waals surface area contributed by atoms with Crippen molar-refractivity contribution in [3.8, 4) is 0 Å². The summed E-state index contributed by atoms with van der Waals surface area (Å²) >= 11 is 0. The van der Waals surface area contributed by atoms with Gasteiger partial charge in [-0.25, -0.2) is 0 Å². The Labute approximate surface area is 94.0 Å². The Kier molecular flexibility index (Phi) is 3.56. The number of likely N-dealkylation sites (tertiary alicyclic amines) is 1. The highest BCUT2D eigenvalue weighted by atomic mass is 16.5. The first-order valence-electron chi connectivity index (χ1n) is 5.61.